The third kappa shape index (κ3) is 2.87. The van der Waals surface area contributed by atoms with Crippen LogP contribution in [0.15, 0.2) is 18.2 Å². The SMILES string of the molecule is CCN(CCN)c1cc(Cl)ccc1C(N)=O. The molecular weight excluding hydrogens is 226 g/mol. The molecule has 5 heteroatoms. The minimum atomic E-state index is -0.456. The van der Waals surface area contributed by atoms with E-state index in [0.29, 0.717) is 23.7 Å². The van der Waals surface area contributed by atoms with Gasteiger partial charge in [0.05, 0.1) is 11.3 Å². The summed E-state index contributed by atoms with van der Waals surface area (Å²) in [5.41, 5.74) is 12.0. The zero-order valence-electron chi connectivity index (χ0n) is 9.24. The van der Waals surface area contributed by atoms with Gasteiger partial charge in [-0.2, -0.15) is 0 Å². The molecule has 1 aromatic carbocycles. The third-order valence-corrected chi connectivity index (χ3v) is 2.58. The van der Waals surface area contributed by atoms with E-state index in [1.54, 1.807) is 18.2 Å². The zero-order chi connectivity index (χ0) is 12.1. The van der Waals surface area contributed by atoms with E-state index in [1.807, 2.05) is 11.8 Å². The number of carbonyl (C=O) groups is 1. The molecule has 1 amide bonds. The summed E-state index contributed by atoms with van der Waals surface area (Å²) in [6, 6.07) is 5.03. The number of nitrogens with two attached hydrogens (primary N) is 2. The summed E-state index contributed by atoms with van der Waals surface area (Å²) in [7, 11) is 0. The molecular formula is C11H16ClN3O. The lowest BCUT2D eigenvalue weighted by Crippen LogP contribution is -2.31. The maximum Gasteiger partial charge on any atom is 0.250 e. The number of amides is 1. The second-order valence-electron chi connectivity index (χ2n) is 3.39. The van der Waals surface area contributed by atoms with Crippen LogP contribution in [0.25, 0.3) is 0 Å². The molecule has 0 spiro atoms. The van der Waals surface area contributed by atoms with Crippen LogP contribution in [0.4, 0.5) is 5.69 Å². The molecule has 4 N–H and O–H groups in total. The highest BCUT2D eigenvalue weighted by Crippen LogP contribution is 2.24. The minimum absolute atomic E-state index is 0.456. The van der Waals surface area contributed by atoms with Crippen LogP contribution in [-0.2, 0) is 0 Å². The fourth-order valence-corrected chi connectivity index (χ4v) is 1.75. The molecule has 1 aromatic rings. The maximum absolute atomic E-state index is 11.3. The first-order chi connectivity index (χ1) is 7.60. The second kappa shape index (κ2) is 5.72. The predicted molar refractivity (Wildman–Crippen MR) is 66.9 cm³/mol. The van der Waals surface area contributed by atoms with E-state index >= 15 is 0 Å². The molecule has 4 nitrogen and oxygen atoms in total. The molecule has 0 fully saturated rings. The molecule has 0 saturated carbocycles. The number of benzene rings is 1. The van der Waals surface area contributed by atoms with Crippen molar-refractivity contribution in [3.05, 3.63) is 28.8 Å². The number of likely N-dealkylation sites (N-methyl/N-ethyl adjacent to an activating group) is 1. The molecule has 0 saturated heterocycles. The number of hydrogen-bond acceptors (Lipinski definition) is 3. The van der Waals surface area contributed by atoms with E-state index in [0.717, 1.165) is 12.2 Å². The predicted octanol–water partition coefficient (Wildman–Crippen LogP) is 1.22. The Labute approximate surface area is 100 Å². The van der Waals surface area contributed by atoms with Crippen molar-refractivity contribution in [2.24, 2.45) is 11.5 Å². The van der Waals surface area contributed by atoms with Crippen LogP contribution < -0.4 is 16.4 Å². The Kier molecular flexibility index (Phi) is 4.58. The molecule has 0 aromatic heterocycles. The van der Waals surface area contributed by atoms with Gasteiger partial charge in [-0.15, -0.1) is 0 Å². The Morgan fingerprint density at radius 2 is 2.19 bits per heavy atom. The van der Waals surface area contributed by atoms with E-state index in [-0.39, 0.29) is 0 Å². The summed E-state index contributed by atoms with van der Waals surface area (Å²) in [5, 5.41) is 0.579. The number of primary amides is 1. The molecule has 88 valence electrons. The molecule has 0 unspecified atom stereocenters. The van der Waals surface area contributed by atoms with Crippen molar-refractivity contribution in [3.8, 4) is 0 Å². The number of carbonyl (C=O) groups excluding carboxylic acids is 1. The van der Waals surface area contributed by atoms with Gasteiger partial charge >= 0.3 is 0 Å². The molecule has 0 aliphatic carbocycles. The van der Waals surface area contributed by atoms with Gasteiger partial charge in [0, 0.05) is 24.7 Å². The first-order valence-corrected chi connectivity index (χ1v) is 5.52. The van der Waals surface area contributed by atoms with Gasteiger partial charge in [0.2, 0.25) is 0 Å². The van der Waals surface area contributed by atoms with Gasteiger partial charge in [0.1, 0.15) is 0 Å². The fourth-order valence-electron chi connectivity index (χ4n) is 1.58. The van der Waals surface area contributed by atoms with Crippen molar-refractivity contribution in [1.82, 2.24) is 0 Å². The topological polar surface area (TPSA) is 72.3 Å². The largest absolute Gasteiger partial charge is 0.370 e. The van der Waals surface area contributed by atoms with Crippen molar-refractivity contribution in [1.29, 1.82) is 0 Å². The number of hydrogen-bond donors (Lipinski definition) is 2. The highest BCUT2D eigenvalue weighted by Gasteiger charge is 2.13. The minimum Gasteiger partial charge on any atom is -0.370 e. The number of nitrogens with zero attached hydrogens (tertiary/aromatic N) is 1. The second-order valence-corrected chi connectivity index (χ2v) is 3.83. The summed E-state index contributed by atoms with van der Waals surface area (Å²) < 4.78 is 0. The fraction of sp³-hybridized carbons (Fsp3) is 0.364. The van der Waals surface area contributed by atoms with E-state index in [9.17, 15) is 4.79 Å². The Balaban J connectivity index is 3.16. The Hall–Kier alpha value is -1.26. The average molecular weight is 242 g/mol. The van der Waals surface area contributed by atoms with E-state index in [4.69, 9.17) is 23.1 Å². The highest BCUT2D eigenvalue weighted by atomic mass is 35.5. The summed E-state index contributed by atoms with van der Waals surface area (Å²) in [6.45, 7) is 3.91. The molecule has 1 rings (SSSR count). The van der Waals surface area contributed by atoms with E-state index in [1.165, 1.54) is 0 Å². The first-order valence-electron chi connectivity index (χ1n) is 5.14. The normalized spacial score (nSPS) is 10.2. The van der Waals surface area contributed by atoms with Gasteiger partial charge in [0.15, 0.2) is 0 Å². The monoisotopic (exact) mass is 241 g/mol. The number of rotatable bonds is 5. The summed E-state index contributed by atoms with van der Waals surface area (Å²) in [5.74, 6) is -0.456. The smallest absolute Gasteiger partial charge is 0.250 e. The van der Waals surface area contributed by atoms with Gasteiger partial charge in [-0.3, -0.25) is 4.79 Å². The van der Waals surface area contributed by atoms with Crippen molar-refractivity contribution in [3.63, 3.8) is 0 Å². The van der Waals surface area contributed by atoms with Gasteiger partial charge < -0.3 is 16.4 Å². The average Bonchev–Trinajstić information content (AvgIpc) is 2.25. The Bertz CT molecular complexity index is 381. The van der Waals surface area contributed by atoms with Gasteiger partial charge in [-0.05, 0) is 25.1 Å². The van der Waals surface area contributed by atoms with Crippen LogP contribution >= 0.6 is 11.6 Å². The number of anilines is 1. The van der Waals surface area contributed by atoms with Crippen molar-refractivity contribution in [2.75, 3.05) is 24.5 Å². The van der Waals surface area contributed by atoms with Crippen LogP contribution in [-0.4, -0.2) is 25.5 Å². The lowest BCUT2D eigenvalue weighted by molar-refractivity contribution is 0.100. The van der Waals surface area contributed by atoms with E-state index in [2.05, 4.69) is 0 Å². The van der Waals surface area contributed by atoms with Crippen molar-refractivity contribution >= 4 is 23.2 Å². The van der Waals surface area contributed by atoms with Crippen LogP contribution in [0.2, 0.25) is 5.02 Å². The van der Waals surface area contributed by atoms with Crippen LogP contribution in [0.5, 0.6) is 0 Å². The Morgan fingerprint density at radius 3 is 2.69 bits per heavy atom. The quantitative estimate of drug-likeness (QED) is 0.814. The van der Waals surface area contributed by atoms with Crippen molar-refractivity contribution in [2.45, 2.75) is 6.92 Å². The van der Waals surface area contributed by atoms with Crippen LogP contribution in [0.3, 0.4) is 0 Å². The van der Waals surface area contributed by atoms with Crippen LogP contribution in [0, 0.1) is 0 Å². The van der Waals surface area contributed by atoms with Crippen LogP contribution in [0.1, 0.15) is 17.3 Å². The molecule has 0 radical (unpaired) electrons. The lowest BCUT2D eigenvalue weighted by atomic mass is 10.1. The first kappa shape index (κ1) is 12.8. The summed E-state index contributed by atoms with van der Waals surface area (Å²) in [4.78, 5) is 13.3. The molecule has 0 heterocycles. The lowest BCUT2D eigenvalue weighted by Gasteiger charge is -2.24. The zero-order valence-corrected chi connectivity index (χ0v) is 10.00. The molecule has 0 bridgehead atoms. The molecule has 16 heavy (non-hydrogen) atoms. The Morgan fingerprint density at radius 1 is 1.50 bits per heavy atom. The van der Waals surface area contributed by atoms with Gasteiger partial charge in [-0.25, -0.2) is 0 Å². The standard InChI is InChI=1S/C11H16ClN3O/c1-2-15(6-5-13)10-7-8(12)3-4-9(10)11(14)16/h3-4,7H,2,5-6,13H2,1H3,(H2,14,16). The maximum atomic E-state index is 11.3. The summed E-state index contributed by atoms with van der Waals surface area (Å²) >= 11 is 5.91. The highest BCUT2D eigenvalue weighted by molar-refractivity contribution is 6.31. The molecule has 0 atom stereocenters. The summed E-state index contributed by atoms with van der Waals surface area (Å²) in [6.07, 6.45) is 0. The number of halogens is 1. The van der Waals surface area contributed by atoms with Crippen molar-refractivity contribution < 1.29 is 4.79 Å². The molecule has 0 aliphatic heterocycles. The molecule has 0 aliphatic rings. The van der Waals surface area contributed by atoms with E-state index < -0.39 is 5.91 Å². The van der Waals surface area contributed by atoms with Gasteiger partial charge in [-0.1, -0.05) is 11.6 Å². The van der Waals surface area contributed by atoms with Gasteiger partial charge in [0.25, 0.3) is 5.91 Å². The third-order valence-electron chi connectivity index (χ3n) is 2.35.